The minimum Gasteiger partial charge on any atom is -0.506 e. The molecule has 1 aliphatic rings. The number of amides is 1. The average molecular weight is 580 g/mol. The van der Waals surface area contributed by atoms with Crippen LogP contribution in [0.5, 0.6) is 23.0 Å². The number of fused-ring (bicyclic) bond motifs is 1. The van der Waals surface area contributed by atoms with Gasteiger partial charge in [-0.15, -0.1) is 0 Å². The standard InChI is InChI=1S/C34H46N2O6/c1-7-8-20-35-31(38)24-36(4,5)21-10-9-11-22-41-26-15-12-25(13-16-26)14-17-28(37)32-30(40-6)23-29-27(33(32)39)18-19-34(2,3)42-29/h12-19,23H,7-11,20-22,24H2,1-6H3,(H-,35,37,38,39)/p+1/b17-14+. The van der Waals surface area contributed by atoms with Crippen molar-refractivity contribution in [2.45, 2.75) is 58.5 Å². The molecule has 42 heavy (non-hydrogen) atoms. The Morgan fingerprint density at radius 3 is 2.52 bits per heavy atom. The van der Waals surface area contributed by atoms with Crippen LogP contribution in [0.25, 0.3) is 12.2 Å². The third-order valence-corrected chi connectivity index (χ3v) is 7.16. The van der Waals surface area contributed by atoms with Gasteiger partial charge >= 0.3 is 0 Å². The molecule has 0 saturated heterocycles. The van der Waals surface area contributed by atoms with Crippen LogP contribution >= 0.6 is 0 Å². The Morgan fingerprint density at radius 2 is 1.83 bits per heavy atom. The molecule has 0 bridgehead atoms. The van der Waals surface area contributed by atoms with Crippen LogP contribution in [0.1, 0.15) is 74.4 Å². The monoisotopic (exact) mass is 579 g/mol. The number of methoxy groups -OCH3 is 1. The van der Waals surface area contributed by atoms with Crippen LogP contribution in [0.4, 0.5) is 0 Å². The lowest BCUT2D eigenvalue weighted by atomic mass is 9.97. The van der Waals surface area contributed by atoms with Crippen molar-refractivity contribution in [2.75, 3.05) is 47.4 Å². The van der Waals surface area contributed by atoms with Crippen LogP contribution in [-0.4, -0.2) is 74.3 Å². The molecule has 228 valence electrons. The van der Waals surface area contributed by atoms with Crippen LogP contribution in [0.3, 0.4) is 0 Å². The number of nitrogens with zero attached hydrogens (tertiary/aromatic N) is 1. The highest BCUT2D eigenvalue weighted by atomic mass is 16.5. The number of nitrogens with one attached hydrogen (secondary N) is 1. The number of quaternary nitrogens is 1. The van der Waals surface area contributed by atoms with Crippen LogP contribution in [0, 0.1) is 0 Å². The highest BCUT2D eigenvalue weighted by Gasteiger charge is 2.28. The Balaban J connectivity index is 1.46. The van der Waals surface area contributed by atoms with Crippen LogP contribution in [0.2, 0.25) is 0 Å². The Bertz CT molecular complexity index is 1280. The number of hydrogen-bond acceptors (Lipinski definition) is 6. The van der Waals surface area contributed by atoms with Crippen LogP contribution < -0.4 is 19.5 Å². The molecular formula is C34H47N2O6+. The van der Waals surface area contributed by atoms with E-state index in [0.717, 1.165) is 56.5 Å². The fourth-order valence-electron chi connectivity index (χ4n) is 4.75. The van der Waals surface area contributed by atoms with Crippen molar-refractivity contribution in [1.82, 2.24) is 5.32 Å². The molecule has 2 N–H and O–H groups in total. The van der Waals surface area contributed by atoms with Crippen molar-refractivity contribution in [3.8, 4) is 23.0 Å². The van der Waals surface area contributed by atoms with E-state index in [4.69, 9.17) is 14.2 Å². The van der Waals surface area contributed by atoms with Crippen LogP contribution in [-0.2, 0) is 4.79 Å². The second-order valence-electron chi connectivity index (χ2n) is 11.9. The first-order valence-corrected chi connectivity index (χ1v) is 14.8. The maximum atomic E-state index is 13.1. The van der Waals surface area contributed by atoms with E-state index in [1.807, 2.05) is 44.2 Å². The number of phenols is 1. The van der Waals surface area contributed by atoms with Gasteiger partial charge in [-0.05, 0) is 75.5 Å². The highest BCUT2D eigenvalue weighted by Crippen LogP contribution is 2.43. The molecule has 3 rings (SSSR count). The van der Waals surface area contributed by atoms with Crippen LogP contribution in [0.15, 0.2) is 42.5 Å². The minimum atomic E-state index is -0.518. The number of ether oxygens (including phenoxy) is 3. The van der Waals surface area contributed by atoms with E-state index in [-0.39, 0.29) is 28.8 Å². The SMILES string of the molecule is CCCCNC(=O)C[N+](C)(C)CCCCCOc1ccc(/C=C/C(=O)c2c(OC)cc3c(c2O)C=CC(C)(C)O3)cc1. The molecule has 2 aromatic carbocycles. The summed E-state index contributed by atoms with van der Waals surface area (Å²) in [5.41, 5.74) is 0.866. The number of phenolic OH excluding ortho intramolecular Hbond substituents is 1. The third-order valence-electron chi connectivity index (χ3n) is 7.16. The van der Waals surface area contributed by atoms with E-state index < -0.39 is 5.60 Å². The minimum absolute atomic E-state index is 0.0952. The summed E-state index contributed by atoms with van der Waals surface area (Å²) in [7, 11) is 5.65. The topological polar surface area (TPSA) is 94.1 Å². The summed E-state index contributed by atoms with van der Waals surface area (Å²) in [6, 6.07) is 9.16. The number of carbonyl (C=O) groups excluding carboxylic acids is 2. The zero-order chi connectivity index (χ0) is 30.8. The van der Waals surface area contributed by atoms with E-state index >= 15 is 0 Å². The summed E-state index contributed by atoms with van der Waals surface area (Å²) in [6.07, 6.45) is 11.8. The molecule has 0 aromatic heterocycles. The van der Waals surface area contributed by atoms with Crippen molar-refractivity contribution >= 4 is 23.8 Å². The van der Waals surface area contributed by atoms with Crippen molar-refractivity contribution in [2.24, 2.45) is 0 Å². The van der Waals surface area contributed by atoms with Gasteiger partial charge in [-0.25, -0.2) is 0 Å². The maximum Gasteiger partial charge on any atom is 0.275 e. The van der Waals surface area contributed by atoms with E-state index in [0.29, 0.717) is 28.9 Å². The van der Waals surface area contributed by atoms with Crippen molar-refractivity contribution < 1.29 is 33.4 Å². The number of carbonyl (C=O) groups is 2. The molecule has 0 saturated carbocycles. The molecule has 0 unspecified atom stereocenters. The van der Waals surface area contributed by atoms with E-state index in [1.165, 1.54) is 13.2 Å². The van der Waals surface area contributed by atoms with E-state index in [9.17, 15) is 14.7 Å². The zero-order valence-corrected chi connectivity index (χ0v) is 26.0. The predicted molar refractivity (Wildman–Crippen MR) is 167 cm³/mol. The molecule has 1 aliphatic heterocycles. The number of allylic oxidation sites excluding steroid dienone is 1. The second-order valence-corrected chi connectivity index (χ2v) is 11.9. The van der Waals surface area contributed by atoms with Gasteiger partial charge in [-0.2, -0.15) is 0 Å². The summed E-state index contributed by atoms with van der Waals surface area (Å²) < 4.78 is 17.9. The number of rotatable bonds is 16. The van der Waals surface area contributed by atoms with Gasteiger partial charge in [-0.3, -0.25) is 9.59 Å². The molecule has 2 aromatic rings. The fourth-order valence-corrected chi connectivity index (χ4v) is 4.75. The normalized spacial score (nSPS) is 13.9. The van der Waals surface area contributed by atoms with Gasteiger partial charge in [0.25, 0.3) is 5.91 Å². The number of benzene rings is 2. The Morgan fingerprint density at radius 1 is 1.10 bits per heavy atom. The van der Waals surface area contributed by atoms with Gasteiger partial charge in [-0.1, -0.05) is 31.6 Å². The van der Waals surface area contributed by atoms with Gasteiger partial charge in [0.15, 0.2) is 12.3 Å². The Labute approximate surface area is 250 Å². The zero-order valence-electron chi connectivity index (χ0n) is 26.0. The molecule has 1 heterocycles. The predicted octanol–water partition coefficient (Wildman–Crippen LogP) is 6.02. The molecule has 0 aliphatic carbocycles. The second kappa shape index (κ2) is 14.9. The first-order chi connectivity index (χ1) is 19.9. The Kier molecular flexibility index (Phi) is 11.6. The highest BCUT2D eigenvalue weighted by molar-refractivity contribution is 6.11. The molecule has 8 heteroatoms. The average Bonchev–Trinajstić information content (AvgIpc) is 2.93. The first kappa shape index (κ1) is 32.7. The van der Waals surface area contributed by atoms with Crippen molar-refractivity contribution in [3.05, 3.63) is 59.2 Å². The molecule has 0 radical (unpaired) electrons. The lowest BCUT2D eigenvalue weighted by molar-refractivity contribution is -0.882. The first-order valence-electron chi connectivity index (χ1n) is 14.8. The van der Waals surface area contributed by atoms with Gasteiger partial charge in [0, 0.05) is 12.6 Å². The largest absolute Gasteiger partial charge is 0.506 e. The van der Waals surface area contributed by atoms with Crippen molar-refractivity contribution in [3.63, 3.8) is 0 Å². The Hall–Kier alpha value is -3.78. The van der Waals surface area contributed by atoms with E-state index in [2.05, 4.69) is 26.3 Å². The quantitative estimate of drug-likeness (QED) is 0.109. The van der Waals surface area contributed by atoms with Gasteiger partial charge in [0.1, 0.15) is 34.2 Å². The van der Waals surface area contributed by atoms with Crippen molar-refractivity contribution in [1.29, 1.82) is 0 Å². The summed E-state index contributed by atoms with van der Waals surface area (Å²) in [6.45, 7) is 8.75. The number of likely N-dealkylation sites (N-methyl/N-ethyl adjacent to an activating group) is 1. The number of unbranched alkanes of at least 4 members (excludes halogenated alkanes) is 3. The molecule has 0 atom stereocenters. The summed E-state index contributed by atoms with van der Waals surface area (Å²) >= 11 is 0. The third kappa shape index (κ3) is 9.65. The number of aromatic hydroxyl groups is 1. The fraction of sp³-hybridized carbons (Fsp3) is 0.471. The lowest BCUT2D eigenvalue weighted by Gasteiger charge is -2.29. The number of ketones is 1. The van der Waals surface area contributed by atoms with E-state index in [1.54, 1.807) is 18.2 Å². The summed E-state index contributed by atoms with van der Waals surface area (Å²) in [5.74, 6) is 1.08. The molecule has 8 nitrogen and oxygen atoms in total. The smallest absolute Gasteiger partial charge is 0.275 e. The summed E-state index contributed by atoms with van der Waals surface area (Å²) in [4.78, 5) is 25.2. The maximum absolute atomic E-state index is 13.1. The molecule has 0 fully saturated rings. The molecular weight excluding hydrogens is 532 g/mol. The van der Waals surface area contributed by atoms with Gasteiger partial charge in [0.05, 0.1) is 39.9 Å². The van der Waals surface area contributed by atoms with Gasteiger partial charge in [0.2, 0.25) is 0 Å². The molecule has 0 spiro atoms. The molecule has 1 amide bonds. The lowest BCUT2D eigenvalue weighted by Crippen LogP contribution is -2.48. The number of hydrogen-bond donors (Lipinski definition) is 2. The summed E-state index contributed by atoms with van der Waals surface area (Å²) in [5, 5.41) is 13.9. The van der Waals surface area contributed by atoms with Gasteiger partial charge < -0.3 is 29.1 Å².